The number of benzene rings is 1. The van der Waals surface area contributed by atoms with Gasteiger partial charge in [-0.3, -0.25) is 4.98 Å². The fraction of sp³-hybridized carbons (Fsp3) is 0.471. The van der Waals surface area contributed by atoms with Crippen LogP contribution in [0.15, 0.2) is 36.5 Å². The van der Waals surface area contributed by atoms with Gasteiger partial charge in [0.25, 0.3) is 0 Å². The van der Waals surface area contributed by atoms with Gasteiger partial charge in [0.1, 0.15) is 0 Å². The van der Waals surface area contributed by atoms with Crippen molar-refractivity contribution in [2.75, 3.05) is 7.05 Å². The molecule has 2 heteroatoms. The molecule has 0 saturated heterocycles. The summed E-state index contributed by atoms with van der Waals surface area (Å²) in [6, 6.07) is 11.1. The molecule has 19 heavy (non-hydrogen) atoms. The number of hydrogen-bond donors (Lipinski definition) is 1. The van der Waals surface area contributed by atoms with Crippen molar-refractivity contribution < 1.29 is 0 Å². The van der Waals surface area contributed by atoms with E-state index in [4.69, 9.17) is 0 Å². The van der Waals surface area contributed by atoms with Crippen LogP contribution in [0, 0.1) is 5.92 Å². The first-order valence-corrected chi connectivity index (χ1v) is 7.41. The monoisotopic (exact) mass is 254 g/mol. The molecule has 1 aromatic carbocycles. The van der Waals surface area contributed by atoms with Crippen LogP contribution in [0.4, 0.5) is 0 Å². The Morgan fingerprint density at radius 1 is 1.11 bits per heavy atom. The molecule has 3 rings (SSSR count). The van der Waals surface area contributed by atoms with E-state index in [2.05, 4.69) is 47.7 Å². The molecule has 1 aliphatic rings. The maximum absolute atomic E-state index is 4.48. The molecule has 1 N–H and O–H groups in total. The molecule has 0 aliphatic heterocycles. The molecule has 1 aromatic heterocycles. The fourth-order valence-electron chi connectivity index (χ4n) is 3.50. The Morgan fingerprint density at radius 2 is 1.89 bits per heavy atom. The van der Waals surface area contributed by atoms with E-state index in [-0.39, 0.29) is 0 Å². The van der Waals surface area contributed by atoms with Gasteiger partial charge in [-0.2, -0.15) is 0 Å². The van der Waals surface area contributed by atoms with Crippen LogP contribution in [-0.2, 0) is 0 Å². The van der Waals surface area contributed by atoms with Crippen molar-refractivity contribution in [3.63, 3.8) is 0 Å². The third-order valence-corrected chi connectivity index (χ3v) is 4.45. The topological polar surface area (TPSA) is 24.9 Å². The van der Waals surface area contributed by atoms with Gasteiger partial charge in [0.2, 0.25) is 0 Å². The van der Waals surface area contributed by atoms with Gasteiger partial charge in [-0.15, -0.1) is 0 Å². The van der Waals surface area contributed by atoms with Gasteiger partial charge in [0.15, 0.2) is 0 Å². The van der Waals surface area contributed by atoms with Crippen LogP contribution < -0.4 is 5.32 Å². The van der Waals surface area contributed by atoms with Crippen molar-refractivity contribution in [2.24, 2.45) is 5.92 Å². The largest absolute Gasteiger partial charge is 0.313 e. The number of para-hydroxylation sites is 1. The normalized spacial score (nSPS) is 18.6. The minimum Gasteiger partial charge on any atom is -0.313 e. The highest BCUT2D eigenvalue weighted by Crippen LogP contribution is 2.36. The van der Waals surface area contributed by atoms with Gasteiger partial charge in [0, 0.05) is 17.6 Å². The van der Waals surface area contributed by atoms with Crippen LogP contribution in [-0.4, -0.2) is 12.0 Å². The number of hydrogen-bond acceptors (Lipinski definition) is 2. The third kappa shape index (κ3) is 2.50. The number of nitrogens with zero attached hydrogens (tertiary/aromatic N) is 1. The Labute approximate surface area is 115 Å². The van der Waals surface area contributed by atoms with Crippen LogP contribution in [0.1, 0.15) is 43.7 Å². The Bertz CT molecular complexity index is 538. The molecule has 1 fully saturated rings. The molecule has 0 bridgehead atoms. The van der Waals surface area contributed by atoms with E-state index in [1.165, 1.54) is 43.1 Å². The molecule has 0 amide bonds. The highest BCUT2D eigenvalue weighted by atomic mass is 14.9. The Balaban J connectivity index is 2.00. The van der Waals surface area contributed by atoms with Crippen LogP contribution in [0.5, 0.6) is 0 Å². The maximum Gasteiger partial charge on any atom is 0.0705 e. The lowest BCUT2D eigenvalue weighted by atomic mass is 9.80. The number of nitrogens with one attached hydrogen (secondary N) is 1. The Kier molecular flexibility index (Phi) is 3.79. The second-order valence-corrected chi connectivity index (χ2v) is 5.58. The van der Waals surface area contributed by atoms with E-state index in [9.17, 15) is 0 Å². The van der Waals surface area contributed by atoms with E-state index in [0.29, 0.717) is 6.04 Å². The van der Waals surface area contributed by atoms with E-state index in [1.807, 2.05) is 6.20 Å². The number of aromatic nitrogens is 1. The highest BCUT2D eigenvalue weighted by Gasteiger charge is 2.24. The van der Waals surface area contributed by atoms with Crippen LogP contribution in [0.3, 0.4) is 0 Å². The standard InChI is InChI=1S/C17H22N2/c1-18-17(13-7-3-2-4-8-13)15-11-12-19-16-10-6-5-9-14(15)16/h5-6,9-13,17-18H,2-4,7-8H2,1H3. The first kappa shape index (κ1) is 12.6. The molecule has 0 spiro atoms. The van der Waals surface area contributed by atoms with Gasteiger partial charge < -0.3 is 5.32 Å². The number of rotatable bonds is 3. The van der Waals surface area contributed by atoms with Crippen molar-refractivity contribution in [3.05, 3.63) is 42.1 Å². The maximum atomic E-state index is 4.48. The predicted molar refractivity (Wildman–Crippen MR) is 80.1 cm³/mol. The molecule has 100 valence electrons. The first-order chi connectivity index (χ1) is 9.40. The lowest BCUT2D eigenvalue weighted by Gasteiger charge is -2.31. The zero-order valence-electron chi connectivity index (χ0n) is 11.6. The lowest BCUT2D eigenvalue weighted by molar-refractivity contribution is 0.283. The predicted octanol–water partition coefficient (Wildman–Crippen LogP) is 4.08. The zero-order chi connectivity index (χ0) is 13.1. The summed E-state index contributed by atoms with van der Waals surface area (Å²) in [5.41, 5.74) is 2.52. The molecule has 1 aliphatic carbocycles. The van der Waals surface area contributed by atoms with E-state index >= 15 is 0 Å². The summed E-state index contributed by atoms with van der Waals surface area (Å²) in [6.07, 6.45) is 8.82. The highest BCUT2D eigenvalue weighted by molar-refractivity contribution is 5.82. The summed E-state index contributed by atoms with van der Waals surface area (Å²) in [4.78, 5) is 4.48. The first-order valence-electron chi connectivity index (χ1n) is 7.41. The van der Waals surface area contributed by atoms with Gasteiger partial charge in [-0.1, -0.05) is 37.5 Å². The van der Waals surface area contributed by atoms with Crippen LogP contribution in [0.25, 0.3) is 10.9 Å². The lowest BCUT2D eigenvalue weighted by Crippen LogP contribution is -2.27. The van der Waals surface area contributed by atoms with Gasteiger partial charge in [-0.25, -0.2) is 0 Å². The van der Waals surface area contributed by atoms with Gasteiger partial charge >= 0.3 is 0 Å². The minimum atomic E-state index is 0.466. The minimum absolute atomic E-state index is 0.466. The van der Waals surface area contributed by atoms with E-state index < -0.39 is 0 Å². The SMILES string of the molecule is CNC(c1ccnc2ccccc12)C1CCCCC1. The van der Waals surface area contributed by atoms with Gasteiger partial charge in [0.05, 0.1) is 5.52 Å². The molecule has 2 nitrogen and oxygen atoms in total. The molecular weight excluding hydrogens is 232 g/mol. The molecular formula is C17H22N2. The summed E-state index contributed by atoms with van der Waals surface area (Å²) >= 11 is 0. The number of fused-ring (bicyclic) bond motifs is 1. The molecule has 2 aromatic rings. The van der Waals surface area contributed by atoms with Crippen molar-refractivity contribution in [3.8, 4) is 0 Å². The van der Waals surface area contributed by atoms with E-state index in [1.54, 1.807) is 0 Å². The van der Waals surface area contributed by atoms with Crippen LogP contribution >= 0.6 is 0 Å². The Morgan fingerprint density at radius 3 is 2.68 bits per heavy atom. The van der Waals surface area contributed by atoms with Crippen molar-refractivity contribution >= 4 is 10.9 Å². The zero-order valence-corrected chi connectivity index (χ0v) is 11.6. The number of pyridine rings is 1. The molecule has 1 atom stereocenters. The smallest absolute Gasteiger partial charge is 0.0705 e. The van der Waals surface area contributed by atoms with Gasteiger partial charge in [-0.05, 0) is 43.5 Å². The van der Waals surface area contributed by atoms with Crippen LogP contribution in [0.2, 0.25) is 0 Å². The van der Waals surface area contributed by atoms with E-state index in [0.717, 1.165) is 11.4 Å². The molecule has 1 saturated carbocycles. The molecule has 1 unspecified atom stereocenters. The third-order valence-electron chi connectivity index (χ3n) is 4.45. The average Bonchev–Trinajstić information content (AvgIpc) is 2.49. The average molecular weight is 254 g/mol. The summed E-state index contributed by atoms with van der Waals surface area (Å²) in [5.74, 6) is 0.768. The quantitative estimate of drug-likeness (QED) is 0.893. The Hall–Kier alpha value is -1.41. The second kappa shape index (κ2) is 5.70. The summed E-state index contributed by atoms with van der Waals surface area (Å²) in [7, 11) is 2.09. The summed E-state index contributed by atoms with van der Waals surface area (Å²) < 4.78 is 0. The summed E-state index contributed by atoms with van der Waals surface area (Å²) in [5, 5.41) is 4.85. The van der Waals surface area contributed by atoms with Crippen molar-refractivity contribution in [1.82, 2.24) is 10.3 Å². The molecule has 1 heterocycles. The summed E-state index contributed by atoms with van der Waals surface area (Å²) in [6.45, 7) is 0. The fourth-order valence-corrected chi connectivity index (χ4v) is 3.50. The van der Waals surface area contributed by atoms with Crippen molar-refractivity contribution in [2.45, 2.75) is 38.1 Å². The second-order valence-electron chi connectivity index (χ2n) is 5.58. The molecule has 0 radical (unpaired) electrons. The van der Waals surface area contributed by atoms with Crippen molar-refractivity contribution in [1.29, 1.82) is 0 Å².